The third-order valence-corrected chi connectivity index (χ3v) is 3.91. The van der Waals surface area contributed by atoms with Crippen LogP contribution in [-0.2, 0) is 11.2 Å². The number of hydrogen-bond donors (Lipinski definition) is 2. The predicted molar refractivity (Wildman–Crippen MR) is 103 cm³/mol. The first-order valence-corrected chi connectivity index (χ1v) is 8.67. The molecule has 25 heavy (non-hydrogen) atoms. The van der Waals surface area contributed by atoms with Gasteiger partial charge in [0.15, 0.2) is 0 Å². The Labute approximate surface area is 155 Å². The summed E-state index contributed by atoms with van der Waals surface area (Å²) in [7, 11) is 0. The van der Waals surface area contributed by atoms with Gasteiger partial charge in [-0.2, -0.15) is 0 Å². The van der Waals surface area contributed by atoms with E-state index < -0.39 is 0 Å². The number of unbranched alkanes of at least 4 members (excludes halogenated alkanes) is 3. The average Bonchev–Trinajstić information content (AvgIpc) is 3.04. The number of aryl methyl sites for hydroxylation is 1. The van der Waals surface area contributed by atoms with E-state index in [2.05, 4.69) is 10.3 Å². The molecule has 0 aliphatic carbocycles. The minimum absolute atomic E-state index is 0. The van der Waals surface area contributed by atoms with E-state index in [1.54, 1.807) is 6.26 Å². The van der Waals surface area contributed by atoms with Crippen molar-refractivity contribution in [2.45, 2.75) is 45.4 Å². The molecule has 2 rings (SSSR count). The highest BCUT2D eigenvalue weighted by Gasteiger charge is 2.07. The van der Waals surface area contributed by atoms with Crippen molar-refractivity contribution in [2.24, 2.45) is 5.73 Å². The Morgan fingerprint density at radius 2 is 1.88 bits per heavy atom. The molecule has 5 nitrogen and oxygen atoms in total. The third kappa shape index (κ3) is 7.71. The molecule has 0 aliphatic rings. The van der Waals surface area contributed by atoms with Crippen molar-refractivity contribution in [3.8, 4) is 11.5 Å². The molecule has 1 aromatic heterocycles. The van der Waals surface area contributed by atoms with Gasteiger partial charge in [0, 0.05) is 24.9 Å². The smallest absolute Gasteiger partial charge is 0.226 e. The maximum Gasteiger partial charge on any atom is 0.226 e. The van der Waals surface area contributed by atoms with Crippen molar-refractivity contribution in [3.63, 3.8) is 0 Å². The molecular weight excluding hydrogens is 338 g/mol. The molecule has 6 heteroatoms. The first-order chi connectivity index (χ1) is 11.7. The third-order valence-electron chi connectivity index (χ3n) is 3.91. The van der Waals surface area contributed by atoms with Crippen molar-refractivity contribution in [3.05, 3.63) is 41.8 Å². The number of halogens is 1. The zero-order chi connectivity index (χ0) is 17.2. The molecule has 0 aliphatic heterocycles. The standard InChI is InChI=1S/C19H27N3O2.ClH/c1-15-7-9-16(10-8-15)19-22-17(14-24-19)11-13-21-18(23)6-4-2-3-5-12-20;/h7-10,14H,2-6,11-13,20H2,1H3,(H,21,23);1H. The van der Waals surface area contributed by atoms with Crippen LogP contribution in [0, 0.1) is 6.92 Å². The number of rotatable bonds is 10. The Bertz CT molecular complexity index is 626. The number of nitrogens with two attached hydrogens (primary N) is 1. The average molecular weight is 366 g/mol. The van der Waals surface area contributed by atoms with E-state index in [9.17, 15) is 4.79 Å². The van der Waals surface area contributed by atoms with Gasteiger partial charge in [-0.25, -0.2) is 4.98 Å². The zero-order valence-corrected chi connectivity index (χ0v) is 15.6. The summed E-state index contributed by atoms with van der Waals surface area (Å²) < 4.78 is 5.52. The molecule has 0 radical (unpaired) electrons. The lowest BCUT2D eigenvalue weighted by Crippen LogP contribution is -2.25. The van der Waals surface area contributed by atoms with Gasteiger partial charge >= 0.3 is 0 Å². The molecule has 0 saturated heterocycles. The van der Waals surface area contributed by atoms with Gasteiger partial charge in [-0.3, -0.25) is 4.79 Å². The van der Waals surface area contributed by atoms with E-state index >= 15 is 0 Å². The molecule has 0 spiro atoms. The maximum atomic E-state index is 11.7. The number of hydrogen-bond acceptors (Lipinski definition) is 4. The fourth-order valence-corrected chi connectivity index (χ4v) is 2.45. The summed E-state index contributed by atoms with van der Waals surface area (Å²) >= 11 is 0. The second-order valence-corrected chi connectivity index (χ2v) is 6.06. The summed E-state index contributed by atoms with van der Waals surface area (Å²) in [5.74, 6) is 0.723. The van der Waals surface area contributed by atoms with Gasteiger partial charge in [0.1, 0.15) is 6.26 Å². The number of benzene rings is 1. The Morgan fingerprint density at radius 1 is 1.16 bits per heavy atom. The minimum Gasteiger partial charge on any atom is -0.444 e. The second-order valence-electron chi connectivity index (χ2n) is 6.06. The van der Waals surface area contributed by atoms with E-state index in [0.717, 1.165) is 43.5 Å². The predicted octanol–water partition coefficient (Wildman–Crippen LogP) is 3.64. The van der Waals surface area contributed by atoms with Crippen LogP contribution in [0.15, 0.2) is 34.9 Å². The number of nitrogens with zero attached hydrogens (tertiary/aromatic N) is 1. The number of carbonyl (C=O) groups is 1. The van der Waals surface area contributed by atoms with E-state index in [4.69, 9.17) is 10.2 Å². The number of carbonyl (C=O) groups excluding carboxylic acids is 1. The second kappa shape index (κ2) is 11.7. The van der Waals surface area contributed by atoms with Gasteiger partial charge in [0.25, 0.3) is 0 Å². The van der Waals surface area contributed by atoms with Gasteiger partial charge in [0.2, 0.25) is 11.8 Å². The van der Waals surface area contributed by atoms with Crippen molar-refractivity contribution < 1.29 is 9.21 Å². The lowest BCUT2D eigenvalue weighted by atomic mass is 10.1. The first kappa shape index (κ1) is 21.2. The topological polar surface area (TPSA) is 81.2 Å². The molecule has 0 unspecified atom stereocenters. The van der Waals surface area contributed by atoms with E-state index in [0.29, 0.717) is 25.3 Å². The molecule has 3 N–H and O–H groups in total. The van der Waals surface area contributed by atoms with Crippen molar-refractivity contribution in [1.29, 1.82) is 0 Å². The fraction of sp³-hybridized carbons (Fsp3) is 0.474. The molecule has 0 saturated carbocycles. The molecule has 138 valence electrons. The summed E-state index contributed by atoms with van der Waals surface area (Å²) in [6.45, 7) is 3.36. The summed E-state index contributed by atoms with van der Waals surface area (Å²) in [4.78, 5) is 16.2. The number of amides is 1. The van der Waals surface area contributed by atoms with Gasteiger partial charge in [-0.1, -0.05) is 30.5 Å². The van der Waals surface area contributed by atoms with Crippen molar-refractivity contribution in [1.82, 2.24) is 10.3 Å². The molecule has 0 fully saturated rings. The molecule has 0 bridgehead atoms. The number of nitrogens with one attached hydrogen (secondary N) is 1. The largest absolute Gasteiger partial charge is 0.444 e. The van der Waals surface area contributed by atoms with Crippen LogP contribution in [0.5, 0.6) is 0 Å². The normalized spacial score (nSPS) is 10.3. The molecule has 0 atom stereocenters. The summed E-state index contributed by atoms with van der Waals surface area (Å²) in [6, 6.07) is 8.06. The van der Waals surface area contributed by atoms with E-state index in [1.165, 1.54) is 5.56 Å². The maximum absolute atomic E-state index is 11.7. The summed E-state index contributed by atoms with van der Waals surface area (Å²) in [5, 5.41) is 2.93. The Kier molecular flexibility index (Phi) is 9.88. The SMILES string of the molecule is Cc1ccc(-c2nc(CCNC(=O)CCCCCCN)co2)cc1.Cl. The van der Waals surface area contributed by atoms with Crippen LogP contribution in [0.2, 0.25) is 0 Å². The number of aromatic nitrogens is 1. The molecule has 2 aromatic rings. The molecule has 1 heterocycles. The van der Waals surface area contributed by atoms with Crippen molar-refractivity contribution in [2.75, 3.05) is 13.1 Å². The quantitative estimate of drug-likeness (QED) is 0.630. The van der Waals surface area contributed by atoms with Gasteiger partial charge in [-0.05, 0) is 38.4 Å². The van der Waals surface area contributed by atoms with Crippen LogP contribution in [0.25, 0.3) is 11.5 Å². The highest BCUT2D eigenvalue weighted by molar-refractivity contribution is 5.85. The van der Waals surface area contributed by atoms with Gasteiger partial charge in [-0.15, -0.1) is 12.4 Å². The van der Waals surface area contributed by atoms with E-state index in [1.807, 2.05) is 31.2 Å². The Balaban J connectivity index is 0.00000312. The lowest BCUT2D eigenvalue weighted by molar-refractivity contribution is -0.121. The summed E-state index contributed by atoms with van der Waals surface area (Å²) in [5.41, 5.74) is 8.47. The van der Waals surface area contributed by atoms with Crippen LogP contribution in [0.4, 0.5) is 0 Å². The van der Waals surface area contributed by atoms with Gasteiger partial charge in [0.05, 0.1) is 5.69 Å². The molecular formula is C19H28ClN3O2. The highest BCUT2D eigenvalue weighted by Crippen LogP contribution is 2.19. The zero-order valence-electron chi connectivity index (χ0n) is 14.8. The Hall–Kier alpha value is -1.85. The van der Waals surface area contributed by atoms with Crippen LogP contribution >= 0.6 is 12.4 Å². The van der Waals surface area contributed by atoms with Crippen LogP contribution in [0.1, 0.15) is 43.4 Å². The molecule has 1 aromatic carbocycles. The van der Waals surface area contributed by atoms with E-state index in [-0.39, 0.29) is 18.3 Å². The van der Waals surface area contributed by atoms with Gasteiger partial charge < -0.3 is 15.5 Å². The number of oxazole rings is 1. The Morgan fingerprint density at radius 3 is 2.60 bits per heavy atom. The highest BCUT2D eigenvalue weighted by atomic mass is 35.5. The van der Waals surface area contributed by atoms with Crippen LogP contribution < -0.4 is 11.1 Å². The minimum atomic E-state index is 0. The first-order valence-electron chi connectivity index (χ1n) is 8.67. The van der Waals surface area contributed by atoms with Crippen LogP contribution in [-0.4, -0.2) is 24.0 Å². The van der Waals surface area contributed by atoms with Crippen molar-refractivity contribution >= 4 is 18.3 Å². The molecule has 1 amide bonds. The lowest BCUT2D eigenvalue weighted by Gasteiger charge is -2.03. The summed E-state index contributed by atoms with van der Waals surface area (Å²) in [6.07, 6.45) is 7.04. The monoisotopic (exact) mass is 365 g/mol. The van der Waals surface area contributed by atoms with Crippen LogP contribution in [0.3, 0.4) is 0 Å². The fourth-order valence-electron chi connectivity index (χ4n) is 2.45.